The normalized spacial score (nSPS) is 13.1. The van der Waals surface area contributed by atoms with Gasteiger partial charge in [0, 0.05) is 45.0 Å². The molecule has 0 radical (unpaired) electrons. The van der Waals surface area contributed by atoms with Gasteiger partial charge in [0.15, 0.2) is 0 Å². The van der Waals surface area contributed by atoms with Crippen LogP contribution in [0.5, 0.6) is 0 Å². The van der Waals surface area contributed by atoms with Gasteiger partial charge in [0.25, 0.3) is 5.91 Å². The molecule has 9 heteroatoms. The van der Waals surface area contributed by atoms with Crippen LogP contribution in [0.2, 0.25) is 0 Å². The average molecular weight is 524 g/mol. The number of carbonyl (C=O) groups excluding carboxylic acids is 3. The number of ether oxygens (including phenoxy) is 1. The highest BCUT2D eigenvalue weighted by Gasteiger charge is 2.27. The highest BCUT2D eigenvalue weighted by molar-refractivity contribution is 5.86. The molecule has 1 heterocycles. The quantitative estimate of drug-likeness (QED) is 0.512. The Morgan fingerprint density at radius 2 is 1.53 bits per heavy atom. The second-order valence-electron chi connectivity index (χ2n) is 10.8. The molecule has 0 bridgehead atoms. The molecule has 0 unspecified atom stereocenters. The minimum Gasteiger partial charge on any atom is -0.444 e. The Morgan fingerprint density at radius 3 is 2.08 bits per heavy atom. The first-order valence-electron chi connectivity index (χ1n) is 13.1. The summed E-state index contributed by atoms with van der Waals surface area (Å²) >= 11 is 0. The molecule has 0 spiro atoms. The van der Waals surface area contributed by atoms with E-state index in [1.54, 1.807) is 21.9 Å². The summed E-state index contributed by atoms with van der Waals surface area (Å²) in [4.78, 5) is 42.1. The largest absolute Gasteiger partial charge is 0.444 e. The fourth-order valence-electron chi connectivity index (χ4n) is 4.25. The number of nitrogens with zero attached hydrogens (tertiary/aromatic N) is 4. The van der Waals surface area contributed by atoms with E-state index in [9.17, 15) is 14.4 Å². The first kappa shape index (κ1) is 29.0. The molecule has 2 aromatic carbocycles. The maximum absolute atomic E-state index is 13.3. The van der Waals surface area contributed by atoms with Crippen LogP contribution < -0.4 is 10.2 Å². The van der Waals surface area contributed by atoms with Gasteiger partial charge in [0.2, 0.25) is 5.91 Å². The van der Waals surface area contributed by atoms with E-state index in [0.29, 0.717) is 19.6 Å². The second-order valence-corrected chi connectivity index (χ2v) is 10.8. The third kappa shape index (κ3) is 8.21. The summed E-state index contributed by atoms with van der Waals surface area (Å²) in [5.41, 5.74) is 2.62. The Bertz CT molecular complexity index is 1070. The lowest BCUT2D eigenvalue weighted by atomic mass is 10.1. The zero-order valence-corrected chi connectivity index (χ0v) is 23.4. The van der Waals surface area contributed by atoms with Crippen molar-refractivity contribution in [1.29, 1.82) is 0 Å². The van der Waals surface area contributed by atoms with E-state index in [0.717, 1.165) is 5.69 Å². The molecule has 9 nitrogen and oxygen atoms in total. The fourth-order valence-corrected chi connectivity index (χ4v) is 4.25. The summed E-state index contributed by atoms with van der Waals surface area (Å²) in [7, 11) is 1.77. The number of fused-ring (bicyclic) bond motifs is 1. The van der Waals surface area contributed by atoms with Crippen LogP contribution in [0, 0.1) is 0 Å². The van der Waals surface area contributed by atoms with Crippen molar-refractivity contribution < 1.29 is 19.1 Å². The van der Waals surface area contributed by atoms with Crippen LogP contribution in [-0.4, -0.2) is 77.7 Å². The molecular formula is C29H41N5O4. The number of likely N-dealkylation sites (N-methyl/N-ethyl adjacent to an activating group) is 1. The van der Waals surface area contributed by atoms with Crippen molar-refractivity contribution in [2.75, 3.05) is 38.1 Å². The van der Waals surface area contributed by atoms with Crippen LogP contribution in [0.4, 0.5) is 10.5 Å². The summed E-state index contributed by atoms with van der Waals surface area (Å²) in [6.45, 7) is 11.3. The lowest BCUT2D eigenvalue weighted by molar-refractivity contribution is -0.145. The third-order valence-corrected chi connectivity index (χ3v) is 6.32. The van der Waals surface area contributed by atoms with Gasteiger partial charge in [-0.3, -0.25) is 14.6 Å². The maximum atomic E-state index is 13.3. The van der Waals surface area contributed by atoms with Gasteiger partial charge in [0.1, 0.15) is 5.60 Å². The summed E-state index contributed by atoms with van der Waals surface area (Å²) in [5, 5.41) is 6.55. The van der Waals surface area contributed by atoms with E-state index in [2.05, 4.69) is 17.4 Å². The fraction of sp³-hybridized carbons (Fsp3) is 0.483. The SMILES string of the molecule is CC(C)N(CCNC(=O)CN(CC(=O)N(C)N1Cc2ccccc2C1)c1ccccc1)C(=O)OC(C)(C)C. The van der Waals surface area contributed by atoms with Gasteiger partial charge >= 0.3 is 6.09 Å². The van der Waals surface area contributed by atoms with Crippen molar-refractivity contribution in [3.63, 3.8) is 0 Å². The van der Waals surface area contributed by atoms with Gasteiger partial charge in [-0.05, 0) is 57.9 Å². The van der Waals surface area contributed by atoms with Crippen LogP contribution >= 0.6 is 0 Å². The van der Waals surface area contributed by atoms with Gasteiger partial charge in [-0.1, -0.05) is 42.5 Å². The Kier molecular flexibility index (Phi) is 9.74. The lowest BCUT2D eigenvalue weighted by Crippen LogP contribution is -2.49. The van der Waals surface area contributed by atoms with E-state index in [1.165, 1.54) is 11.1 Å². The molecule has 0 fully saturated rings. The zero-order chi connectivity index (χ0) is 27.9. The highest BCUT2D eigenvalue weighted by atomic mass is 16.6. The minimum atomic E-state index is -0.596. The maximum Gasteiger partial charge on any atom is 0.410 e. The molecule has 1 aliphatic heterocycles. The smallest absolute Gasteiger partial charge is 0.410 e. The van der Waals surface area contributed by atoms with Crippen LogP contribution in [0.3, 0.4) is 0 Å². The molecule has 38 heavy (non-hydrogen) atoms. The Hall–Kier alpha value is -3.59. The minimum absolute atomic E-state index is 0.0118. The molecule has 0 aliphatic carbocycles. The number of para-hydroxylation sites is 1. The highest BCUT2D eigenvalue weighted by Crippen LogP contribution is 2.23. The summed E-state index contributed by atoms with van der Waals surface area (Å²) in [6.07, 6.45) is -0.412. The lowest BCUT2D eigenvalue weighted by Gasteiger charge is -2.31. The van der Waals surface area contributed by atoms with Crippen molar-refractivity contribution in [3.8, 4) is 0 Å². The van der Waals surface area contributed by atoms with Gasteiger partial charge < -0.3 is 19.9 Å². The number of hydrogen-bond acceptors (Lipinski definition) is 6. The molecule has 0 saturated heterocycles. The number of amides is 3. The predicted molar refractivity (Wildman–Crippen MR) is 148 cm³/mol. The van der Waals surface area contributed by atoms with Crippen molar-refractivity contribution in [1.82, 2.24) is 20.2 Å². The third-order valence-electron chi connectivity index (χ3n) is 6.32. The van der Waals surface area contributed by atoms with Gasteiger partial charge in [-0.25, -0.2) is 9.80 Å². The topological polar surface area (TPSA) is 85.4 Å². The van der Waals surface area contributed by atoms with E-state index in [1.807, 2.05) is 82.1 Å². The molecule has 1 N–H and O–H groups in total. The number of carbonyl (C=O) groups is 3. The van der Waals surface area contributed by atoms with E-state index in [4.69, 9.17) is 4.74 Å². The molecule has 0 atom stereocenters. The average Bonchev–Trinajstić information content (AvgIpc) is 3.29. The predicted octanol–water partition coefficient (Wildman–Crippen LogP) is 3.64. The number of benzene rings is 2. The standard InChI is InChI=1S/C29H41N5O4/c1-22(2)34(28(37)38-29(3,4)5)17-16-30-26(35)20-32(25-14-8-7-9-15-25)21-27(36)31(6)33-18-23-12-10-11-13-24(23)19-33/h7-15,22H,16-21H2,1-6H3,(H,30,35). The molecule has 0 aromatic heterocycles. The number of nitrogens with one attached hydrogen (secondary N) is 1. The first-order valence-corrected chi connectivity index (χ1v) is 13.1. The summed E-state index contributed by atoms with van der Waals surface area (Å²) in [6, 6.07) is 17.5. The van der Waals surface area contributed by atoms with Crippen molar-refractivity contribution in [2.24, 2.45) is 0 Å². The van der Waals surface area contributed by atoms with E-state index in [-0.39, 0.29) is 37.5 Å². The van der Waals surface area contributed by atoms with Crippen molar-refractivity contribution in [3.05, 3.63) is 65.7 Å². The number of hydrazine groups is 1. The molecule has 1 aliphatic rings. The van der Waals surface area contributed by atoms with Crippen molar-refractivity contribution >= 4 is 23.6 Å². The van der Waals surface area contributed by atoms with Crippen LogP contribution in [0.1, 0.15) is 45.7 Å². The molecule has 0 saturated carbocycles. The Labute approximate surface area is 226 Å². The molecule has 2 aromatic rings. The van der Waals surface area contributed by atoms with Crippen LogP contribution in [0.25, 0.3) is 0 Å². The number of rotatable bonds is 10. The van der Waals surface area contributed by atoms with Gasteiger partial charge in [-0.2, -0.15) is 0 Å². The molecule has 3 amide bonds. The summed E-state index contributed by atoms with van der Waals surface area (Å²) in [5.74, 6) is -0.337. The van der Waals surface area contributed by atoms with Crippen LogP contribution in [-0.2, 0) is 27.4 Å². The van der Waals surface area contributed by atoms with Crippen LogP contribution in [0.15, 0.2) is 54.6 Å². The Morgan fingerprint density at radius 1 is 0.947 bits per heavy atom. The zero-order valence-electron chi connectivity index (χ0n) is 23.4. The molecule has 206 valence electrons. The first-order chi connectivity index (χ1) is 17.9. The monoisotopic (exact) mass is 523 g/mol. The van der Waals surface area contributed by atoms with Crippen molar-refractivity contribution in [2.45, 2.75) is 59.4 Å². The molecule has 3 rings (SSSR count). The summed E-state index contributed by atoms with van der Waals surface area (Å²) < 4.78 is 5.49. The van der Waals surface area contributed by atoms with E-state index >= 15 is 0 Å². The number of anilines is 1. The molecular weight excluding hydrogens is 482 g/mol. The van der Waals surface area contributed by atoms with Gasteiger partial charge in [-0.15, -0.1) is 0 Å². The van der Waals surface area contributed by atoms with E-state index < -0.39 is 11.7 Å². The Balaban J connectivity index is 1.58. The number of hydrogen-bond donors (Lipinski definition) is 1. The second kappa shape index (κ2) is 12.8. The van der Waals surface area contributed by atoms with Gasteiger partial charge in [0.05, 0.1) is 13.1 Å².